The molecule has 6 nitrogen and oxygen atoms in total. The van der Waals surface area contributed by atoms with Crippen molar-refractivity contribution in [2.24, 2.45) is 17.8 Å². The van der Waals surface area contributed by atoms with E-state index in [1.54, 1.807) is 24.0 Å². The van der Waals surface area contributed by atoms with Crippen LogP contribution >= 0.6 is 11.6 Å². The van der Waals surface area contributed by atoms with E-state index in [9.17, 15) is 4.39 Å². The van der Waals surface area contributed by atoms with Crippen molar-refractivity contribution in [1.29, 1.82) is 0 Å². The predicted octanol–water partition coefficient (Wildman–Crippen LogP) is 3.84. The molecule has 0 radical (unpaired) electrons. The average Bonchev–Trinajstić information content (AvgIpc) is 3.02. The van der Waals surface area contributed by atoms with Crippen molar-refractivity contribution in [1.82, 2.24) is 15.1 Å². The number of piperidine rings is 1. The fraction of sp³-hybridized carbons (Fsp3) is 0.333. The van der Waals surface area contributed by atoms with Gasteiger partial charge in [0.2, 0.25) is 0 Å². The lowest BCUT2D eigenvalue weighted by Gasteiger charge is -2.29. The molecule has 3 aromatic rings. The van der Waals surface area contributed by atoms with Gasteiger partial charge in [-0.2, -0.15) is 5.10 Å². The largest absolute Gasteiger partial charge is 0.398 e. The summed E-state index contributed by atoms with van der Waals surface area (Å²) in [5.74, 6) is 0.102. The second kappa shape index (κ2) is 7.65. The van der Waals surface area contributed by atoms with E-state index in [4.69, 9.17) is 23.1 Å². The number of hydrogen-bond donors (Lipinski definition) is 3. The third-order valence-electron chi connectivity index (χ3n) is 5.41. The van der Waals surface area contributed by atoms with Gasteiger partial charge < -0.3 is 16.8 Å². The van der Waals surface area contributed by atoms with E-state index in [2.05, 4.69) is 22.3 Å². The quantitative estimate of drug-likeness (QED) is 0.345. The van der Waals surface area contributed by atoms with Crippen molar-refractivity contribution >= 4 is 39.7 Å². The van der Waals surface area contributed by atoms with Gasteiger partial charge in [0.15, 0.2) is 5.82 Å². The van der Waals surface area contributed by atoms with E-state index < -0.39 is 5.82 Å². The number of aryl methyl sites for hydroxylation is 1. The van der Waals surface area contributed by atoms with E-state index in [1.807, 2.05) is 12.1 Å². The number of hydrogen-bond acceptors (Lipinski definition) is 4. The summed E-state index contributed by atoms with van der Waals surface area (Å²) in [6.07, 6.45) is 3.79. The van der Waals surface area contributed by atoms with Crippen LogP contribution in [0.15, 0.2) is 35.5 Å². The first-order chi connectivity index (χ1) is 13.8. The van der Waals surface area contributed by atoms with Crippen molar-refractivity contribution in [2.45, 2.75) is 31.7 Å². The summed E-state index contributed by atoms with van der Waals surface area (Å²) < 4.78 is 15.9. The van der Waals surface area contributed by atoms with Crippen LogP contribution in [0.1, 0.15) is 36.8 Å². The fourth-order valence-electron chi connectivity index (χ4n) is 4.05. The molecule has 0 saturated carbocycles. The minimum atomic E-state index is -0.455. The van der Waals surface area contributed by atoms with E-state index >= 15 is 0 Å². The van der Waals surface area contributed by atoms with Crippen molar-refractivity contribution in [3.63, 3.8) is 0 Å². The maximum atomic E-state index is 14.3. The molecule has 0 aliphatic carbocycles. The summed E-state index contributed by atoms with van der Waals surface area (Å²) in [6.45, 7) is 3.14. The Morgan fingerprint density at radius 2 is 2.14 bits per heavy atom. The number of aliphatic imine (C=N–C) groups is 1. The smallest absolute Gasteiger partial charge is 0.153 e. The molecule has 152 valence electrons. The molecule has 2 unspecified atom stereocenters. The summed E-state index contributed by atoms with van der Waals surface area (Å²) >= 11 is 6.54. The highest BCUT2D eigenvalue weighted by Crippen LogP contribution is 2.34. The summed E-state index contributed by atoms with van der Waals surface area (Å²) in [7, 11) is 1.74. The van der Waals surface area contributed by atoms with Crippen LogP contribution in [0.25, 0.3) is 10.9 Å². The number of fused-ring (bicyclic) bond motifs is 1. The van der Waals surface area contributed by atoms with Gasteiger partial charge in [-0.3, -0.25) is 4.68 Å². The van der Waals surface area contributed by atoms with Crippen LogP contribution in [0, 0.1) is 5.82 Å². The molecule has 4 rings (SSSR count). The van der Waals surface area contributed by atoms with E-state index in [1.165, 1.54) is 6.07 Å². The Balaban J connectivity index is 1.68. The molecule has 5 N–H and O–H groups in total. The maximum Gasteiger partial charge on any atom is 0.153 e. The molecular weight excluding hydrogens is 391 g/mol. The average molecular weight is 415 g/mol. The van der Waals surface area contributed by atoms with Gasteiger partial charge in [-0.25, -0.2) is 9.38 Å². The number of nitrogens with zero attached hydrogens (tertiary/aromatic N) is 3. The lowest BCUT2D eigenvalue weighted by molar-refractivity contribution is 0.381. The number of amidine groups is 1. The molecule has 1 saturated heterocycles. The summed E-state index contributed by atoms with van der Waals surface area (Å²) in [5.41, 5.74) is 15.2. The Bertz CT molecular complexity index is 1080. The number of benzene rings is 2. The molecule has 1 aromatic heterocycles. The number of aromatic nitrogens is 2. The molecule has 2 aromatic carbocycles. The molecule has 1 fully saturated rings. The number of nitrogens with two attached hydrogens (primary N) is 2. The molecule has 2 atom stereocenters. The lowest BCUT2D eigenvalue weighted by Crippen LogP contribution is -2.34. The summed E-state index contributed by atoms with van der Waals surface area (Å²) in [4.78, 5) is 4.37. The Morgan fingerprint density at radius 1 is 1.34 bits per heavy atom. The Morgan fingerprint density at radius 3 is 2.86 bits per heavy atom. The number of halogens is 2. The minimum Gasteiger partial charge on any atom is -0.398 e. The third kappa shape index (κ3) is 3.93. The first kappa shape index (κ1) is 19.7. The van der Waals surface area contributed by atoms with Crippen LogP contribution in [0.4, 0.5) is 15.8 Å². The molecule has 0 bridgehead atoms. The van der Waals surface area contributed by atoms with E-state index in [0.717, 1.165) is 24.9 Å². The number of nitrogen functional groups attached to an aromatic ring is 1. The monoisotopic (exact) mass is 414 g/mol. The van der Waals surface area contributed by atoms with Crippen molar-refractivity contribution in [3.05, 3.63) is 52.4 Å². The predicted molar refractivity (Wildman–Crippen MR) is 116 cm³/mol. The van der Waals surface area contributed by atoms with Crippen LogP contribution in [0.5, 0.6) is 0 Å². The van der Waals surface area contributed by atoms with Gasteiger partial charge in [0.05, 0.1) is 16.3 Å². The zero-order valence-corrected chi connectivity index (χ0v) is 17.2. The second-order valence-electron chi connectivity index (χ2n) is 7.71. The van der Waals surface area contributed by atoms with Crippen molar-refractivity contribution in [2.75, 3.05) is 12.3 Å². The zero-order valence-electron chi connectivity index (χ0n) is 16.4. The van der Waals surface area contributed by atoms with Crippen molar-refractivity contribution < 1.29 is 4.39 Å². The van der Waals surface area contributed by atoms with Crippen molar-refractivity contribution in [3.8, 4) is 0 Å². The van der Waals surface area contributed by atoms with Gasteiger partial charge in [0.1, 0.15) is 11.4 Å². The highest BCUT2D eigenvalue weighted by Gasteiger charge is 2.22. The highest BCUT2D eigenvalue weighted by molar-refractivity contribution is 6.35. The molecule has 0 spiro atoms. The molecule has 1 aliphatic rings. The van der Waals surface area contributed by atoms with Gasteiger partial charge in [0.25, 0.3) is 0 Å². The SMILES string of the molecule is CC1CC(c2cc(N)c(C(N)=Nc3cc(F)c4nn(C)cc4c3)c(Cl)c2)CCN1. The molecule has 2 heterocycles. The van der Waals surface area contributed by atoms with Gasteiger partial charge in [-0.15, -0.1) is 0 Å². The number of rotatable bonds is 3. The highest BCUT2D eigenvalue weighted by atomic mass is 35.5. The van der Waals surface area contributed by atoms with E-state index in [-0.39, 0.29) is 5.84 Å². The minimum absolute atomic E-state index is 0.153. The van der Waals surface area contributed by atoms with Crippen LogP contribution < -0.4 is 16.8 Å². The Kier molecular flexibility index (Phi) is 5.19. The van der Waals surface area contributed by atoms with Crippen LogP contribution in [-0.2, 0) is 7.05 Å². The summed E-state index contributed by atoms with van der Waals surface area (Å²) in [6, 6.07) is 7.34. The topological polar surface area (TPSA) is 94.2 Å². The van der Waals surface area contributed by atoms with Gasteiger partial charge in [0, 0.05) is 36.4 Å². The lowest BCUT2D eigenvalue weighted by atomic mass is 9.86. The third-order valence-corrected chi connectivity index (χ3v) is 5.70. The van der Waals surface area contributed by atoms with E-state index in [0.29, 0.717) is 44.8 Å². The van der Waals surface area contributed by atoms with Crippen LogP contribution in [0.2, 0.25) is 5.02 Å². The molecule has 29 heavy (non-hydrogen) atoms. The first-order valence-electron chi connectivity index (χ1n) is 9.61. The fourth-order valence-corrected chi connectivity index (χ4v) is 4.38. The normalized spacial score (nSPS) is 20.3. The van der Waals surface area contributed by atoms with Gasteiger partial charge in [-0.1, -0.05) is 11.6 Å². The summed E-state index contributed by atoms with van der Waals surface area (Å²) in [5, 5.41) is 8.64. The molecular formula is C21H24ClFN6. The molecule has 1 aliphatic heterocycles. The Hall–Kier alpha value is -2.64. The zero-order chi connectivity index (χ0) is 20.7. The maximum absolute atomic E-state index is 14.3. The Labute approximate surface area is 173 Å². The number of anilines is 1. The first-order valence-corrected chi connectivity index (χ1v) is 9.99. The van der Waals surface area contributed by atoms with Crippen LogP contribution in [-0.4, -0.2) is 28.2 Å². The second-order valence-corrected chi connectivity index (χ2v) is 8.12. The molecule has 0 amide bonds. The van der Waals surface area contributed by atoms with Gasteiger partial charge >= 0.3 is 0 Å². The van der Waals surface area contributed by atoms with Gasteiger partial charge in [-0.05, 0) is 56.0 Å². The van der Waals surface area contributed by atoms with Crippen LogP contribution in [0.3, 0.4) is 0 Å². The molecule has 8 heteroatoms. The number of nitrogens with one attached hydrogen (secondary N) is 1. The standard InChI is InChI=1S/C21H24ClFN6/c1-11-5-12(3-4-26-11)13-7-16(22)19(18(24)8-13)21(25)27-15-6-14-10-29(2)28-20(14)17(23)9-15/h6-12,26H,3-5,24H2,1-2H3,(H2,25,27).